The Morgan fingerprint density at radius 1 is 1.23 bits per heavy atom. The number of carbonyl (C=O) groups excluding carboxylic acids is 1. The van der Waals surface area contributed by atoms with Gasteiger partial charge in [0, 0.05) is 19.3 Å². The summed E-state index contributed by atoms with van der Waals surface area (Å²) >= 11 is 0. The number of aliphatic hydroxyl groups excluding tert-OH is 1. The molecule has 164 valence electrons. The van der Waals surface area contributed by atoms with Crippen molar-refractivity contribution in [3.05, 3.63) is 68.9 Å². The van der Waals surface area contributed by atoms with Crippen molar-refractivity contribution < 1.29 is 32.6 Å². The van der Waals surface area contributed by atoms with Gasteiger partial charge < -0.3 is 20.5 Å². The minimum Gasteiger partial charge on any atom is -0.505 e. The number of rotatable bonds is 6. The second-order valence-electron chi connectivity index (χ2n) is 6.73. The second-order valence-corrected chi connectivity index (χ2v) is 6.73. The van der Waals surface area contributed by atoms with Crippen LogP contribution < -0.4 is 10.9 Å². The average Bonchev–Trinajstić information content (AvgIpc) is 2.68. The maximum absolute atomic E-state index is 13.3. The number of aromatic amines is 1. The molecule has 2 heterocycles. The van der Waals surface area contributed by atoms with Crippen molar-refractivity contribution in [2.75, 3.05) is 13.2 Å². The third kappa shape index (κ3) is 4.82. The first-order chi connectivity index (χ1) is 14.6. The van der Waals surface area contributed by atoms with Gasteiger partial charge in [-0.25, -0.2) is 4.39 Å². The molecule has 0 aliphatic heterocycles. The highest BCUT2D eigenvalue weighted by atomic mass is 19.4. The van der Waals surface area contributed by atoms with Crippen molar-refractivity contribution in [1.29, 1.82) is 0 Å². The van der Waals surface area contributed by atoms with E-state index < -0.39 is 40.3 Å². The lowest BCUT2D eigenvalue weighted by molar-refractivity contribution is -0.138. The van der Waals surface area contributed by atoms with Gasteiger partial charge in [0.05, 0.1) is 11.1 Å². The number of hydrogen-bond donors (Lipinski definition) is 4. The summed E-state index contributed by atoms with van der Waals surface area (Å²) in [6, 6.07) is 3.65. The smallest absolute Gasteiger partial charge is 0.416 e. The van der Waals surface area contributed by atoms with E-state index in [4.69, 9.17) is 5.11 Å². The van der Waals surface area contributed by atoms with Crippen LogP contribution in [0.25, 0.3) is 11.0 Å². The highest BCUT2D eigenvalue weighted by Crippen LogP contribution is 2.34. The molecule has 1 amide bonds. The number of nitrogens with zero attached hydrogens (tertiary/aromatic N) is 1. The monoisotopic (exact) mass is 439 g/mol. The maximum Gasteiger partial charge on any atom is 0.416 e. The van der Waals surface area contributed by atoms with Crippen LogP contribution in [0.3, 0.4) is 0 Å². The van der Waals surface area contributed by atoms with Crippen LogP contribution >= 0.6 is 0 Å². The van der Waals surface area contributed by atoms with Crippen molar-refractivity contribution in [2.24, 2.45) is 0 Å². The highest BCUT2D eigenvalue weighted by Gasteiger charge is 2.33. The van der Waals surface area contributed by atoms with Gasteiger partial charge in [-0.15, -0.1) is 0 Å². The van der Waals surface area contributed by atoms with Gasteiger partial charge in [-0.05, 0) is 42.2 Å². The number of alkyl halides is 3. The molecule has 4 N–H and O–H groups in total. The first-order valence-electron chi connectivity index (χ1n) is 9.10. The minimum atomic E-state index is -4.76. The maximum atomic E-state index is 13.3. The van der Waals surface area contributed by atoms with Crippen LogP contribution in [0, 0.1) is 5.82 Å². The molecule has 0 bridgehead atoms. The SMILES string of the molecule is O=C(NCCCO)c1c(O)c2ncc(Cc3ccc(F)cc3C(F)(F)F)cc2[nH]c1=O. The number of fused-ring (bicyclic) bond motifs is 1. The molecule has 0 aliphatic rings. The standard InChI is InChI=1S/C20H17F4N3O4/c21-12-3-2-11(13(8-12)20(22,23)24)6-10-7-14-16(26-9-10)17(29)15(19(31)27-14)18(30)25-4-1-5-28/h2-3,7-9,28H,1,4-6H2,(H,25,30)(H2,27,29,31). The summed E-state index contributed by atoms with van der Waals surface area (Å²) in [5.74, 6) is -2.56. The number of halogens is 4. The van der Waals surface area contributed by atoms with Crippen molar-refractivity contribution in [2.45, 2.75) is 19.0 Å². The van der Waals surface area contributed by atoms with Crippen LogP contribution in [0.1, 0.15) is 33.5 Å². The number of nitrogens with one attached hydrogen (secondary N) is 2. The molecule has 0 saturated heterocycles. The van der Waals surface area contributed by atoms with Gasteiger partial charge in [0.15, 0.2) is 5.75 Å². The lowest BCUT2D eigenvalue weighted by atomic mass is 9.99. The fraction of sp³-hybridized carbons (Fsp3) is 0.250. The lowest BCUT2D eigenvalue weighted by Crippen LogP contribution is -2.30. The number of aromatic hydroxyl groups is 1. The normalized spacial score (nSPS) is 11.6. The number of carbonyl (C=O) groups is 1. The summed E-state index contributed by atoms with van der Waals surface area (Å²) in [7, 11) is 0. The summed E-state index contributed by atoms with van der Waals surface area (Å²) in [4.78, 5) is 30.8. The molecule has 7 nitrogen and oxygen atoms in total. The molecule has 0 radical (unpaired) electrons. The Hall–Kier alpha value is -3.47. The molecule has 0 atom stereocenters. The molecular formula is C20H17F4N3O4. The molecule has 3 aromatic rings. The first kappa shape index (κ1) is 22.2. The summed E-state index contributed by atoms with van der Waals surface area (Å²) < 4.78 is 52.9. The zero-order chi connectivity index (χ0) is 22.8. The molecule has 0 aliphatic carbocycles. The first-order valence-corrected chi connectivity index (χ1v) is 9.10. The lowest BCUT2D eigenvalue weighted by Gasteiger charge is -2.13. The highest BCUT2D eigenvalue weighted by molar-refractivity contribution is 6.01. The molecule has 3 rings (SSSR count). The quantitative estimate of drug-likeness (QED) is 0.348. The summed E-state index contributed by atoms with van der Waals surface area (Å²) in [5.41, 5.74) is -2.64. The Kier molecular flexibility index (Phi) is 6.25. The molecule has 11 heteroatoms. The molecule has 2 aromatic heterocycles. The van der Waals surface area contributed by atoms with Crippen LogP contribution in [-0.2, 0) is 12.6 Å². The Bertz CT molecular complexity index is 1190. The van der Waals surface area contributed by atoms with Crippen molar-refractivity contribution in [3.63, 3.8) is 0 Å². The number of aliphatic hydroxyl groups is 1. The molecular weight excluding hydrogens is 422 g/mol. The number of hydrogen-bond acceptors (Lipinski definition) is 5. The van der Waals surface area contributed by atoms with E-state index in [9.17, 15) is 32.3 Å². The number of amides is 1. The van der Waals surface area contributed by atoms with Gasteiger partial charge in [-0.3, -0.25) is 14.6 Å². The van der Waals surface area contributed by atoms with Gasteiger partial charge in [0.2, 0.25) is 0 Å². The van der Waals surface area contributed by atoms with Gasteiger partial charge in [0.25, 0.3) is 11.5 Å². The van der Waals surface area contributed by atoms with E-state index in [1.807, 2.05) is 0 Å². The van der Waals surface area contributed by atoms with E-state index in [-0.39, 0.29) is 48.2 Å². The van der Waals surface area contributed by atoms with Crippen LogP contribution in [0.5, 0.6) is 5.75 Å². The fourth-order valence-electron chi connectivity index (χ4n) is 3.07. The average molecular weight is 439 g/mol. The van der Waals surface area contributed by atoms with Crippen LogP contribution in [0.4, 0.5) is 17.6 Å². The van der Waals surface area contributed by atoms with Crippen LogP contribution in [0.15, 0.2) is 35.3 Å². The fourth-order valence-corrected chi connectivity index (χ4v) is 3.07. The molecule has 31 heavy (non-hydrogen) atoms. The van der Waals surface area contributed by atoms with Gasteiger partial charge in [-0.1, -0.05) is 6.07 Å². The number of benzene rings is 1. The summed E-state index contributed by atoms with van der Waals surface area (Å²) in [5, 5.41) is 21.5. The van der Waals surface area contributed by atoms with E-state index in [0.717, 1.165) is 12.1 Å². The molecule has 0 spiro atoms. The Labute approximate surface area is 172 Å². The number of H-pyrrole nitrogens is 1. The van der Waals surface area contributed by atoms with E-state index in [0.29, 0.717) is 6.07 Å². The van der Waals surface area contributed by atoms with E-state index >= 15 is 0 Å². The van der Waals surface area contributed by atoms with E-state index in [1.54, 1.807) is 0 Å². The van der Waals surface area contributed by atoms with Crippen molar-refractivity contribution in [1.82, 2.24) is 15.3 Å². The summed E-state index contributed by atoms with van der Waals surface area (Å²) in [6.07, 6.45) is -3.57. The molecule has 0 unspecified atom stereocenters. The zero-order valence-electron chi connectivity index (χ0n) is 15.9. The van der Waals surface area contributed by atoms with Crippen LogP contribution in [-0.4, -0.2) is 39.2 Å². The van der Waals surface area contributed by atoms with Gasteiger partial charge in [-0.2, -0.15) is 13.2 Å². The van der Waals surface area contributed by atoms with Gasteiger partial charge >= 0.3 is 6.18 Å². The molecule has 0 fully saturated rings. The van der Waals surface area contributed by atoms with Gasteiger partial charge in [0.1, 0.15) is 16.9 Å². The largest absolute Gasteiger partial charge is 0.505 e. The third-order valence-electron chi connectivity index (χ3n) is 4.50. The zero-order valence-corrected chi connectivity index (χ0v) is 15.9. The molecule has 0 saturated carbocycles. The molecule has 1 aromatic carbocycles. The Morgan fingerprint density at radius 3 is 2.65 bits per heavy atom. The Morgan fingerprint density at radius 2 is 1.97 bits per heavy atom. The predicted molar refractivity (Wildman–Crippen MR) is 102 cm³/mol. The number of pyridine rings is 2. The van der Waals surface area contributed by atoms with E-state index in [1.165, 1.54) is 12.3 Å². The summed E-state index contributed by atoms with van der Waals surface area (Å²) in [6.45, 7) is -0.0907. The van der Waals surface area contributed by atoms with Crippen molar-refractivity contribution in [3.8, 4) is 5.75 Å². The van der Waals surface area contributed by atoms with Crippen molar-refractivity contribution >= 4 is 16.9 Å². The Balaban J connectivity index is 1.97. The minimum absolute atomic E-state index is 0.0163. The van der Waals surface area contributed by atoms with E-state index in [2.05, 4.69) is 15.3 Å². The van der Waals surface area contributed by atoms with Crippen LogP contribution in [0.2, 0.25) is 0 Å². The predicted octanol–water partition coefficient (Wildman–Crippen LogP) is 2.49. The number of aromatic nitrogens is 2. The topological polar surface area (TPSA) is 115 Å². The second kappa shape index (κ2) is 8.72. The third-order valence-corrected chi connectivity index (χ3v) is 4.50.